The van der Waals surface area contributed by atoms with Gasteiger partial charge >= 0.3 is 13.6 Å². The molecule has 11 atom stereocenters. The second-order valence-corrected chi connectivity index (χ2v) is 17.0. The first-order valence-corrected chi connectivity index (χ1v) is 17.9. The predicted molar refractivity (Wildman–Crippen MR) is 154 cm³/mol. The van der Waals surface area contributed by atoms with Gasteiger partial charge in [0, 0.05) is 6.66 Å². The summed E-state index contributed by atoms with van der Waals surface area (Å²) in [5.41, 5.74) is 0.892. The molecular formula is C32H57O5P. The monoisotopic (exact) mass is 552 g/mol. The summed E-state index contributed by atoms with van der Waals surface area (Å²) in [7, 11) is -3.27. The maximum Gasteiger partial charge on any atom is 0.327 e. The fourth-order valence-electron chi connectivity index (χ4n) is 9.96. The highest BCUT2D eigenvalue weighted by Gasteiger charge is 2.60. The van der Waals surface area contributed by atoms with Crippen LogP contribution in [0.3, 0.4) is 0 Å². The molecule has 0 aliphatic heterocycles. The molecule has 0 aromatic rings. The van der Waals surface area contributed by atoms with Crippen molar-refractivity contribution in [3.8, 4) is 0 Å². The average Bonchev–Trinajstić information content (AvgIpc) is 3.19. The Hall–Kier alpha value is -0.380. The summed E-state index contributed by atoms with van der Waals surface area (Å²) in [5.74, 6) is 4.15. The third-order valence-electron chi connectivity index (χ3n) is 12.1. The Balaban J connectivity index is 1.36. The molecule has 4 saturated carbocycles. The van der Waals surface area contributed by atoms with Gasteiger partial charge < -0.3 is 14.2 Å². The van der Waals surface area contributed by atoms with Crippen molar-refractivity contribution < 1.29 is 23.5 Å². The Morgan fingerprint density at radius 2 is 1.63 bits per heavy atom. The van der Waals surface area contributed by atoms with Crippen LogP contribution in [0.1, 0.15) is 119 Å². The van der Waals surface area contributed by atoms with Crippen molar-refractivity contribution >= 4 is 13.6 Å². The highest BCUT2D eigenvalue weighted by molar-refractivity contribution is 7.53. The van der Waals surface area contributed by atoms with Crippen LogP contribution in [0.15, 0.2) is 0 Å². The van der Waals surface area contributed by atoms with Gasteiger partial charge in [0.25, 0.3) is 0 Å². The molecule has 220 valence electrons. The molecule has 6 heteroatoms. The van der Waals surface area contributed by atoms with E-state index < -0.39 is 19.5 Å². The quantitative estimate of drug-likeness (QED) is 0.259. The molecule has 0 spiro atoms. The van der Waals surface area contributed by atoms with Gasteiger partial charge in [-0.15, -0.1) is 0 Å². The van der Waals surface area contributed by atoms with Crippen LogP contribution in [0.4, 0.5) is 0 Å². The van der Waals surface area contributed by atoms with Crippen LogP contribution in [0.25, 0.3) is 0 Å². The lowest BCUT2D eigenvalue weighted by atomic mass is 9.44. The highest BCUT2D eigenvalue weighted by Crippen LogP contribution is 2.68. The summed E-state index contributed by atoms with van der Waals surface area (Å²) in [6.07, 6.45) is 15.4. The molecule has 38 heavy (non-hydrogen) atoms. The maximum atomic E-state index is 13.0. The van der Waals surface area contributed by atoms with E-state index in [9.17, 15) is 9.36 Å². The van der Waals surface area contributed by atoms with E-state index in [4.69, 9.17) is 14.2 Å². The van der Waals surface area contributed by atoms with E-state index in [0.717, 1.165) is 54.8 Å². The Labute approximate surface area is 233 Å². The predicted octanol–water partition coefficient (Wildman–Crippen LogP) is 9.05. The number of carbonyl (C=O) groups is 1. The van der Waals surface area contributed by atoms with Crippen LogP contribution in [0.2, 0.25) is 0 Å². The minimum absolute atomic E-state index is 0.0444. The lowest BCUT2D eigenvalue weighted by Gasteiger charge is -2.61. The van der Waals surface area contributed by atoms with E-state index in [1.165, 1.54) is 64.5 Å². The lowest BCUT2D eigenvalue weighted by Crippen LogP contribution is -2.54. The van der Waals surface area contributed by atoms with E-state index in [2.05, 4.69) is 34.6 Å². The minimum Gasteiger partial charge on any atom is -0.481 e. The fraction of sp³-hybridized carbons (Fsp3) is 0.969. The molecule has 0 radical (unpaired) electrons. The summed E-state index contributed by atoms with van der Waals surface area (Å²) in [5, 5.41) is 9.11. The second-order valence-electron chi connectivity index (χ2n) is 15.0. The molecule has 0 amide bonds. The number of carboxylic acid groups (broad SMARTS) is 1. The zero-order valence-corrected chi connectivity index (χ0v) is 26.3. The number of hydrogen-bond acceptors (Lipinski definition) is 4. The number of hydrogen-bond donors (Lipinski definition) is 1. The van der Waals surface area contributed by atoms with Gasteiger partial charge in [0.2, 0.25) is 0 Å². The van der Waals surface area contributed by atoms with Crippen molar-refractivity contribution in [3.63, 3.8) is 0 Å². The van der Waals surface area contributed by atoms with E-state index in [0.29, 0.717) is 16.7 Å². The molecule has 0 aromatic heterocycles. The second kappa shape index (κ2) is 11.8. The molecule has 4 aliphatic carbocycles. The van der Waals surface area contributed by atoms with Crippen molar-refractivity contribution in [1.29, 1.82) is 0 Å². The summed E-state index contributed by atoms with van der Waals surface area (Å²) in [6, 6.07) is 0. The fourth-order valence-corrected chi connectivity index (χ4v) is 11.2. The topological polar surface area (TPSA) is 72.8 Å². The van der Waals surface area contributed by atoms with Crippen LogP contribution < -0.4 is 0 Å². The van der Waals surface area contributed by atoms with Gasteiger partial charge in [-0.1, -0.05) is 53.9 Å². The van der Waals surface area contributed by atoms with Crippen LogP contribution >= 0.6 is 7.60 Å². The molecule has 4 aliphatic rings. The van der Waals surface area contributed by atoms with E-state index in [-0.39, 0.29) is 12.7 Å². The minimum atomic E-state index is -3.27. The first-order valence-electron chi connectivity index (χ1n) is 15.9. The molecule has 0 aromatic carbocycles. The van der Waals surface area contributed by atoms with Gasteiger partial charge in [0.15, 0.2) is 0 Å². The van der Waals surface area contributed by atoms with E-state index in [1.807, 2.05) is 0 Å². The van der Waals surface area contributed by atoms with E-state index in [1.54, 1.807) is 6.92 Å². The third kappa shape index (κ3) is 6.25. The molecule has 4 fully saturated rings. The van der Waals surface area contributed by atoms with Crippen molar-refractivity contribution in [2.75, 3.05) is 13.3 Å². The van der Waals surface area contributed by atoms with Gasteiger partial charge in [-0.25, -0.2) is 0 Å². The van der Waals surface area contributed by atoms with E-state index >= 15 is 0 Å². The van der Waals surface area contributed by atoms with Gasteiger partial charge in [-0.05, 0) is 117 Å². The Bertz CT molecular complexity index is 874. The van der Waals surface area contributed by atoms with Crippen molar-refractivity contribution in [3.05, 3.63) is 0 Å². The number of carboxylic acids is 1. The van der Waals surface area contributed by atoms with Gasteiger partial charge in [0.05, 0.1) is 18.6 Å². The highest BCUT2D eigenvalue weighted by atomic mass is 31.2. The first-order chi connectivity index (χ1) is 17.8. The number of rotatable bonds is 11. The normalized spacial score (nSPS) is 42.0. The average molecular weight is 553 g/mol. The summed E-state index contributed by atoms with van der Waals surface area (Å²) in [6.45, 7) is 15.5. The third-order valence-corrected chi connectivity index (χ3v) is 13.4. The Morgan fingerprint density at radius 1 is 0.947 bits per heavy atom. The largest absolute Gasteiger partial charge is 0.481 e. The van der Waals surface area contributed by atoms with Crippen molar-refractivity contribution in [1.82, 2.24) is 0 Å². The van der Waals surface area contributed by atoms with Crippen molar-refractivity contribution in [2.45, 2.75) is 125 Å². The molecular weight excluding hydrogens is 495 g/mol. The number of aliphatic carboxylic acids is 1. The SMILES string of the molecule is CC(C)CCCC(C)C1CCC2C3CCC4CC(OP(C)(=O)OCC(C)C(=O)O)CCC4(C)C3CCC12C. The van der Waals surface area contributed by atoms with Crippen LogP contribution in [0, 0.1) is 58.2 Å². The zero-order chi connectivity index (χ0) is 27.9. The molecule has 4 rings (SSSR count). The standard InChI is InChI=1S/C32H57O5P/c1-21(2)9-8-10-22(3)27-13-14-28-26-12-11-24-19-25(37-38(7,35)36-20-23(4)30(33)34)15-17-31(24,5)29(26)16-18-32(27,28)6/h21-29H,8-20H2,1-7H3,(H,33,34). The van der Waals surface area contributed by atoms with Crippen molar-refractivity contribution in [2.24, 2.45) is 58.2 Å². The maximum absolute atomic E-state index is 13.0. The Kier molecular flexibility index (Phi) is 9.53. The molecule has 0 heterocycles. The summed E-state index contributed by atoms with van der Waals surface area (Å²) < 4.78 is 24.5. The Morgan fingerprint density at radius 3 is 2.32 bits per heavy atom. The summed E-state index contributed by atoms with van der Waals surface area (Å²) in [4.78, 5) is 11.1. The zero-order valence-electron chi connectivity index (χ0n) is 25.4. The number of fused-ring (bicyclic) bond motifs is 5. The first kappa shape index (κ1) is 30.6. The van der Waals surface area contributed by atoms with Crippen LogP contribution in [0.5, 0.6) is 0 Å². The van der Waals surface area contributed by atoms with Gasteiger partial charge in [0.1, 0.15) is 0 Å². The molecule has 5 nitrogen and oxygen atoms in total. The smallest absolute Gasteiger partial charge is 0.327 e. The molecule has 0 bridgehead atoms. The van der Waals surface area contributed by atoms with Gasteiger partial charge in [-0.2, -0.15) is 0 Å². The molecule has 11 unspecified atom stereocenters. The molecule has 1 N–H and O–H groups in total. The van der Waals surface area contributed by atoms with Crippen LogP contribution in [-0.2, 0) is 18.4 Å². The van der Waals surface area contributed by atoms with Gasteiger partial charge in [-0.3, -0.25) is 9.36 Å². The molecule has 0 saturated heterocycles. The summed E-state index contributed by atoms with van der Waals surface area (Å²) >= 11 is 0. The lowest BCUT2D eigenvalue weighted by molar-refractivity contribution is -0.142. The van der Waals surface area contributed by atoms with Crippen LogP contribution in [-0.4, -0.2) is 30.5 Å².